The van der Waals surface area contributed by atoms with Crippen LogP contribution in [-0.2, 0) is 16.1 Å². The maximum absolute atomic E-state index is 12.7. The van der Waals surface area contributed by atoms with Gasteiger partial charge in [0.25, 0.3) is 0 Å². The fourth-order valence-electron chi connectivity index (χ4n) is 3.21. The van der Waals surface area contributed by atoms with Crippen molar-refractivity contribution in [3.63, 3.8) is 0 Å². The number of nitrogens with zero attached hydrogens (tertiary/aromatic N) is 2. The summed E-state index contributed by atoms with van der Waals surface area (Å²) in [5.74, 6) is 0.335. The number of amides is 1. The fraction of sp³-hybridized carbons (Fsp3) is 0.579. The number of hydrogen-bond acceptors (Lipinski definition) is 5. The summed E-state index contributed by atoms with van der Waals surface area (Å²) in [6.07, 6.45) is 1.20. The van der Waals surface area contributed by atoms with Gasteiger partial charge in [0, 0.05) is 13.1 Å². The van der Waals surface area contributed by atoms with E-state index in [0.717, 1.165) is 5.56 Å². The number of rotatable bonds is 8. The quantitative estimate of drug-likeness (QED) is 0.721. The number of halogens is 1. The highest BCUT2D eigenvalue weighted by Gasteiger charge is 2.26. The topological polar surface area (TPSA) is 79.3 Å². The molecule has 152 valence electrons. The average molecular weight is 401 g/mol. The van der Waals surface area contributed by atoms with Crippen LogP contribution in [0.3, 0.4) is 0 Å². The number of likely N-dealkylation sites (tertiary alicyclic amines) is 1. The molecule has 0 saturated carbocycles. The maximum Gasteiger partial charge on any atom is 0.306 e. The zero-order valence-corrected chi connectivity index (χ0v) is 17.0. The number of likely N-dealkylation sites (N-methyl/N-ethyl adjacent to an activating group) is 1. The number of benzene rings is 1. The zero-order valence-electron chi connectivity index (χ0n) is 16.1. The Morgan fingerprint density at radius 1 is 1.19 bits per heavy atom. The van der Waals surface area contributed by atoms with Crippen molar-refractivity contribution in [1.82, 2.24) is 9.80 Å². The molecule has 0 aromatic heterocycles. The molecule has 1 aliphatic rings. The summed E-state index contributed by atoms with van der Waals surface area (Å²) >= 11 is 0. The molecule has 1 N–H and O–H groups in total. The van der Waals surface area contributed by atoms with Crippen LogP contribution in [0.5, 0.6) is 11.5 Å². The second-order valence-corrected chi connectivity index (χ2v) is 6.49. The van der Waals surface area contributed by atoms with Crippen molar-refractivity contribution < 1.29 is 24.2 Å². The molecule has 1 saturated heterocycles. The third-order valence-corrected chi connectivity index (χ3v) is 4.85. The molecule has 1 aromatic carbocycles. The molecular weight excluding hydrogens is 372 g/mol. The second kappa shape index (κ2) is 11.0. The standard InChI is InChI=1S/C19H28N2O5.ClH/c1-4-21(12-14-5-6-16(25-2)17(11-14)26-3)18(22)13-20-9-7-15(8-10-20)19(23)24;/h5-6,11,15H,4,7-10,12-13H2,1-3H3,(H,23,24);1H. The van der Waals surface area contributed by atoms with Crippen LogP contribution in [-0.4, -0.2) is 67.2 Å². The molecule has 1 fully saturated rings. The summed E-state index contributed by atoms with van der Waals surface area (Å²) in [7, 11) is 3.18. The Morgan fingerprint density at radius 3 is 2.33 bits per heavy atom. The monoisotopic (exact) mass is 400 g/mol. The van der Waals surface area contributed by atoms with Gasteiger partial charge < -0.3 is 19.5 Å². The molecule has 0 bridgehead atoms. The Kier molecular flexibility index (Phi) is 9.38. The molecule has 2 rings (SSSR count). The van der Waals surface area contributed by atoms with Crippen LogP contribution in [0.4, 0.5) is 0 Å². The van der Waals surface area contributed by atoms with Gasteiger partial charge in [-0.15, -0.1) is 12.4 Å². The molecule has 1 aliphatic heterocycles. The Labute approximate surface area is 166 Å². The summed E-state index contributed by atoms with van der Waals surface area (Å²) < 4.78 is 10.6. The number of aliphatic carboxylic acids is 1. The van der Waals surface area contributed by atoms with Gasteiger partial charge in [0.15, 0.2) is 11.5 Å². The van der Waals surface area contributed by atoms with Crippen molar-refractivity contribution in [2.24, 2.45) is 5.92 Å². The number of piperidine rings is 1. The first-order valence-corrected chi connectivity index (χ1v) is 8.92. The van der Waals surface area contributed by atoms with E-state index in [1.807, 2.05) is 30.0 Å². The van der Waals surface area contributed by atoms with Crippen molar-refractivity contribution in [3.05, 3.63) is 23.8 Å². The normalized spacial score (nSPS) is 14.9. The van der Waals surface area contributed by atoms with Gasteiger partial charge in [0.1, 0.15) is 0 Å². The van der Waals surface area contributed by atoms with Crippen molar-refractivity contribution in [3.8, 4) is 11.5 Å². The lowest BCUT2D eigenvalue weighted by molar-refractivity contribution is -0.143. The van der Waals surface area contributed by atoms with E-state index in [9.17, 15) is 9.59 Å². The van der Waals surface area contributed by atoms with Crippen LogP contribution in [0.25, 0.3) is 0 Å². The van der Waals surface area contributed by atoms with Gasteiger partial charge in [0.2, 0.25) is 5.91 Å². The third-order valence-electron chi connectivity index (χ3n) is 4.85. The second-order valence-electron chi connectivity index (χ2n) is 6.49. The van der Waals surface area contributed by atoms with Crippen LogP contribution in [0, 0.1) is 5.92 Å². The van der Waals surface area contributed by atoms with E-state index in [0.29, 0.717) is 57.1 Å². The maximum atomic E-state index is 12.7. The molecule has 1 amide bonds. The smallest absolute Gasteiger partial charge is 0.306 e. The number of ether oxygens (including phenoxy) is 2. The molecule has 1 aromatic rings. The van der Waals surface area contributed by atoms with Crippen molar-refractivity contribution >= 4 is 24.3 Å². The first kappa shape index (κ1) is 23.0. The van der Waals surface area contributed by atoms with Crippen LogP contribution in [0.1, 0.15) is 25.3 Å². The number of carboxylic acids is 1. The van der Waals surface area contributed by atoms with Gasteiger partial charge in [0.05, 0.1) is 26.7 Å². The Hall–Kier alpha value is -1.99. The Bertz CT molecular complexity index is 633. The van der Waals surface area contributed by atoms with Crippen LogP contribution < -0.4 is 9.47 Å². The fourth-order valence-corrected chi connectivity index (χ4v) is 3.21. The van der Waals surface area contributed by atoms with Gasteiger partial charge in [-0.05, 0) is 50.6 Å². The molecule has 0 radical (unpaired) electrons. The molecule has 0 unspecified atom stereocenters. The predicted molar refractivity (Wildman–Crippen MR) is 105 cm³/mol. The third kappa shape index (κ3) is 6.29. The van der Waals surface area contributed by atoms with E-state index in [2.05, 4.69) is 0 Å². The molecule has 0 spiro atoms. The van der Waals surface area contributed by atoms with Gasteiger partial charge in [-0.3, -0.25) is 14.5 Å². The number of carboxylic acid groups (broad SMARTS) is 1. The molecule has 8 heteroatoms. The van der Waals surface area contributed by atoms with Gasteiger partial charge in [-0.1, -0.05) is 6.07 Å². The van der Waals surface area contributed by atoms with Crippen LogP contribution >= 0.6 is 12.4 Å². The van der Waals surface area contributed by atoms with E-state index in [1.165, 1.54) is 0 Å². The minimum atomic E-state index is -0.736. The van der Waals surface area contributed by atoms with Gasteiger partial charge in [-0.25, -0.2) is 0 Å². The van der Waals surface area contributed by atoms with E-state index in [4.69, 9.17) is 14.6 Å². The predicted octanol–water partition coefficient (Wildman–Crippen LogP) is 2.27. The summed E-state index contributed by atoms with van der Waals surface area (Å²) in [6.45, 7) is 4.69. The van der Waals surface area contributed by atoms with Gasteiger partial charge >= 0.3 is 5.97 Å². The minimum absolute atomic E-state index is 0. The first-order valence-electron chi connectivity index (χ1n) is 8.92. The zero-order chi connectivity index (χ0) is 19.1. The largest absolute Gasteiger partial charge is 0.493 e. The van der Waals surface area contributed by atoms with Crippen molar-refractivity contribution in [2.75, 3.05) is 40.4 Å². The highest BCUT2D eigenvalue weighted by Crippen LogP contribution is 2.28. The van der Waals surface area contributed by atoms with Crippen LogP contribution in [0.15, 0.2) is 18.2 Å². The molecule has 27 heavy (non-hydrogen) atoms. The average Bonchev–Trinajstić information content (AvgIpc) is 2.66. The number of carbonyl (C=O) groups excluding carboxylic acids is 1. The lowest BCUT2D eigenvalue weighted by Crippen LogP contribution is -2.44. The van der Waals surface area contributed by atoms with Crippen molar-refractivity contribution in [1.29, 1.82) is 0 Å². The molecule has 0 atom stereocenters. The van der Waals surface area contributed by atoms with E-state index >= 15 is 0 Å². The highest BCUT2D eigenvalue weighted by atomic mass is 35.5. The summed E-state index contributed by atoms with van der Waals surface area (Å²) in [4.78, 5) is 27.5. The first-order chi connectivity index (χ1) is 12.5. The molecule has 7 nitrogen and oxygen atoms in total. The lowest BCUT2D eigenvalue weighted by atomic mass is 9.97. The molecule has 1 heterocycles. The number of hydrogen-bond donors (Lipinski definition) is 1. The molecule has 0 aliphatic carbocycles. The highest BCUT2D eigenvalue weighted by molar-refractivity contribution is 5.85. The van der Waals surface area contributed by atoms with Crippen molar-refractivity contribution in [2.45, 2.75) is 26.3 Å². The number of methoxy groups -OCH3 is 2. The minimum Gasteiger partial charge on any atom is -0.493 e. The number of carbonyl (C=O) groups is 2. The summed E-state index contributed by atoms with van der Waals surface area (Å²) in [6, 6.07) is 5.64. The van der Waals surface area contributed by atoms with Gasteiger partial charge in [-0.2, -0.15) is 0 Å². The summed E-state index contributed by atoms with van der Waals surface area (Å²) in [5.41, 5.74) is 0.974. The van der Waals surface area contributed by atoms with Crippen LogP contribution in [0.2, 0.25) is 0 Å². The van der Waals surface area contributed by atoms with E-state index in [1.54, 1.807) is 19.1 Å². The Morgan fingerprint density at radius 2 is 1.81 bits per heavy atom. The van der Waals surface area contributed by atoms with E-state index < -0.39 is 5.97 Å². The summed E-state index contributed by atoms with van der Waals surface area (Å²) in [5, 5.41) is 9.06. The van der Waals surface area contributed by atoms with E-state index in [-0.39, 0.29) is 24.2 Å². The lowest BCUT2D eigenvalue weighted by Gasteiger charge is -2.31. The Balaban J connectivity index is 0.00000364. The molecular formula is C19H29ClN2O5. The SMILES string of the molecule is CCN(Cc1ccc(OC)c(OC)c1)C(=O)CN1CCC(C(=O)O)CC1.Cl.